The molecule has 0 saturated heterocycles. The molecule has 0 aliphatic heterocycles. The first-order chi connectivity index (χ1) is 21.3. The van der Waals surface area contributed by atoms with Gasteiger partial charge in [-0.15, -0.1) is 23.4 Å². The van der Waals surface area contributed by atoms with Crippen LogP contribution >= 0.6 is 23.4 Å². The van der Waals surface area contributed by atoms with E-state index in [1.165, 1.54) is 36.0 Å². The first-order valence-electron chi connectivity index (χ1n) is 14.2. The number of carbonyl (C=O) groups is 1. The third-order valence-electron chi connectivity index (χ3n) is 7.83. The number of nitrogens with zero attached hydrogens (tertiary/aromatic N) is 3. The zero-order valence-corrected chi connectivity index (χ0v) is 25.0. The molecular weight excluding hydrogens is 607 g/mol. The normalized spacial score (nSPS) is 13.4. The van der Waals surface area contributed by atoms with Gasteiger partial charge in [-0.2, -0.15) is 0 Å². The van der Waals surface area contributed by atoms with Crippen LogP contribution in [-0.2, 0) is 10.2 Å². The molecule has 0 spiro atoms. The molecule has 0 saturated carbocycles. The SMILES string of the molecule is O=CC1(CCCCCSc2nnc(-c3ccc(OC(F)(F)F)cc3)n2-c2ccccc2Cl)c2ccccc2-c2ccccc21. The number of para-hydroxylation sites is 1. The Labute approximate surface area is 262 Å². The molecule has 0 atom stereocenters. The predicted octanol–water partition coefficient (Wildman–Crippen LogP) is 9.30. The zero-order valence-electron chi connectivity index (χ0n) is 23.4. The van der Waals surface area contributed by atoms with Crippen LogP contribution in [0.5, 0.6) is 5.75 Å². The molecule has 0 unspecified atom stereocenters. The number of alkyl halides is 3. The van der Waals surface area contributed by atoms with Gasteiger partial charge in [-0.3, -0.25) is 4.57 Å². The molecule has 0 N–H and O–H groups in total. The Morgan fingerprint density at radius 2 is 1.45 bits per heavy atom. The van der Waals surface area contributed by atoms with Gasteiger partial charge in [0.1, 0.15) is 12.0 Å². The van der Waals surface area contributed by atoms with Crippen molar-refractivity contribution >= 4 is 29.6 Å². The molecule has 5 nitrogen and oxygen atoms in total. The van der Waals surface area contributed by atoms with Crippen molar-refractivity contribution in [3.8, 4) is 34.0 Å². The van der Waals surface area contributed by atoms with Crippen molar-refractivity contribution in [2.24, 2.45) is 0 Å². The molecule has 4 aromatic carbocycles. The summed E-state index contributed by atoms with van der Waals surface area (Å²) in [6.45, 7) is 0. The van der Waals surface area contributed by atoms with Crippen molar-refractivity contribution in [2.75, 3.05) is 5.75 Å². The average molecular weight is 634 g/mol. The number of halogens is 4. The smallest absolute Gasteiger partial charge is 0.406 e. The summed E-state index contributed by atoms with van der Waals surface area (Å²) in [7, 11) is 0. The van der Waals surface area contributed by atoms with Crippen LogP contribution in [0.3, 0.4) is 0 Å². The highest BCUT2D eigenvalue weighted by molar-refractivity contribution is 7.99. The summed E-state index contributed by atoms with van der Waals surface area (Å²) in [4.78, 5) is 12.7. The molecule has 1 aliphatic rings. The molecule has 224 valence electrons. The minimum Gasteiger partial charge on any atom is -0.406 e. The Hall–Kier alpha value is -4.08. The van der Waals surface area contributed by atoms with Crippen molar-refractivity contribution in [1.29, 1.82) is 0 Å². The largest absolute Gasteiger partial charge is 0.573 e. The van der Waals surface area contributed by atoms with E-state index in [1.807, 2.05) is 47.0 Å². The van der Waals surface area contributed by atoms with Gasteiger partial charge in [-0.1, -0.05) is 96.9 Å². The van der Waals surface area contributed by atoms with Crippen LogP contribution in [0.25, 0.3) is 28.2 Å². The van der Waals surface area contributed by atoms with Gasteiger partial charge in [-0.05, 0) is 71.5 Å². The Morgan fingerprint density at radius 3 is 2.09 bits per heavy atom. The molecule has 10 heteroatoms. The molecular formula is C34H27ClF3N3O2S. The fourth-order valence-electron chi connectivity index (χ4n) is 5.87. The molecule has 1 aromatic heterocycles. The maximum absolute atomic E-state index is 12.7. The van der Waals surface area contributed by atoms with Crippen LogP contribution in [0.2, 0.25) is 5.02 Å². The zero-order chi connectivity index (χ0) is 30.7. The lowest BCUT2D eigenvalue weighted by Crippen LogP contribution is -2.27. The molecule has 1 aliphatic carbocycles. The Balaban J connectivity index is 1.15. The van der Waals surface area contributed by atoms with Crippen molar-refractivity contribution in [3.63, 3.8) is 0 Å². The molecule has 6 rings (SSSR count). The van der Waals surface area contributed by atoms with E-state index >= 15 is 0 Å². The molecule has 1 heterocycles. The highest BCUT2D eigenvalue weighted by Crippen LogP contribution is 2.50. The highest BCUT2D eigenvalue weighted by atomic mass is 35.5. The van der Waals surface area contributed by atoms with E-state index in [4.69, 9.17) is 11.6 Å². The first kappa shape index (κ1) is 30.0. The van der Waals surface area contributed by atoms with Gasteiger partial charge in [-0.25, -0.2) is 0 Å². The van der Waals surface area contributed by atoms with Crippen LogP contribution in [0.15, 0.2) is 102 Å². The van der Waals surface area contributed by atoms with Crippen LogP contribution in [0, 0.1) is 0 Å². The maximum atomic E-state index is 12.7. The van der Waals surface area contributed by atoms with Crippen LogP contribution in [0.4, 0.5) is 13.2 Å². The van der Waals surface area contributed by atoms with Crippen LogP contribution in [-0.4, -0.2) is 33.2 Å². The number of hydrogen-bond donors (Lipinski definition) is 0. The highest BCUT2D eigenvalue weighted by Gasteiger charge is 2.42. The summed E-state index contributed by atoms with van der Waals surface area (Å²) >= 11 is 8.08. The average Bonchev–Trinajstić information content (AvgIpc) is 3.56. The van der Waals surface area contributed by atoms with Gasteiger partial charge in [0, 0.05) is 11.3 Å². The van der Waals surface area contributed by atoms with Crippen LogP contribution < -0.4 is 4.74 Å². The van der Waals surface area contributed by atoms with Gasteiger partial charge < -0.3 is 9.53 Å². The van der Waals surface area contributed by atoms with Gasteiger partial charge in [0.2, 0.25) is 0 Å². The van der Waals surface area contributed by atoms with Gasteiger partial charge in [0.15, 0.2) is 11.0 Å². The topological polar surface area (TPSA) is 57.0 Å². The summed E-state index contributed by atoms with van der Waals surface area (Å²) in [5.74, 6) is 0.883. The number of unbranched alkanes of at least 4 members (excludes halogenated alkanes) is 2. The second-order valence-corrected chi connectivity index (χ2v) is 12.0. The standard InChI is InChI=1S/C34H27ClF3N3O2S/c35-29-14-6-7-15-30(29)41-31(23-16-18-24(19-17-23)43-34(36,37)38)39-40-32(41)44-21-9-1-8-20-33(22-42)27-12-4-2-10-25(27)26-11-3-5-13-28(26)33/h2-7,10-19,22H,1,8-9,20-21H2. The van der Waals surface area contributed by atoms with E-state index in [-0.39, 0.29) is 5.75 Å². The number of rotatable bonds is 11. The predicted molar refractivity (Wildman–Crippen MR) is 166 cm³/mol. The Morgan fingerprint density at radius 1 is 0.818 bits per heavy atom. The van der Waals surface area contributed by atoms with Crippen molar-refractivity contribution in [1.82, 2.24) is 14.8 Å². The number of aldehydes is 1. The number of carbonyl (C=O) groups excluding carboxylic acids is 1. The van der Waals surface area contributed by atoms with Gasteiger partial charge >= 0.3 is 6.36 Å². The monoisotopic (exact) mass is 633 g/mol. The third-order valence-corrected chi connectivity index (χ3v) is 9.16. The third kappa shape index (κ3) is 5.86. The minimum atomic E-state index is -4.77. The number of fused-ring (bicyclic) bond motifs is 3. The van der Waals surface area contributed by atoms with E-state index in [9.17, 15) is 18.0 Å². The molecule has 0 radical (unpaired) electrons. The molecule has 44 heavy (non-hydrogen) atoms. The fraction of sp³-hybridized carbons (Fsp3) is 0.206. The first-order valence-corrected chi connectivity index (χ1v) is 15.5. The quantitative estimate of drug-likeness (QED) is 0.0824. The van der Waals surface area contributed by atoms with E-state index in [1.54, 1.807) is 6.07 Å². The lowest BCUT2D eigenvalue weighted by atomic mass is 9.75. The lowest BCUT2D eigenvalue weighted by Gasteiger charge is -2.25. The number of ether oxygens (including phenoxy) is 1. The summed E-state index contributed by atoms with van der Waals surface area (Å²) in [6, 6.07) is 29.1. The van der Waals surface area contributed by atoms with E-state index in [2.05, 4.69) is 39.2 Å². The number of hydrogen-bond acceptors (Lipinski definition) is 5. The summed E-state index contributed by atoms with van der Waals surface area (Å²) in [6.07, 6.45) is -0.262. The second-order valence-electron chi connectivity index (χ2n) is 10.5. The molecule has 0 bridgehead atoms. The summed E-state index contributed by atoms with van der Waals surface area (Å²) in [5.41, 5.74) is 4.99. The number of thioether (sulfide) groups is 1. The van der Waals surface area contributed by atoms with E-state index in [0.717, 1.165) is 60.0 Å². The molecule has 0 fully saturated rings. The second kappa shape index (κ2) is 12.5. The van der Waals surface area contributed by atoms with E-state index in [0.29, 0.717) is 27.3 Å². The Kier molecular flexibility index (Phi) is 8.51. The Bertz CT molecular complexity index is 1740. The van der Waals surface area contributed by atoms with Gasteiger partial charge in [0.25, 0.3) is 0 Å². The summed E-state index contributed by atoms with van der Waals surface area (Å²) < 4.78 is 43.8. The molecule has 5 aromatic rings. The fourth-order valence-corrected chi connectivity index (χ4v) is 7.03. The van der Waals surface area contributed by atoms with Crippen molar-refractivity contribution < 1.29 is 22.7 Å². The van der Waals surface area contributed by atoms with Crippen molar-refractivity contribution in [3.05, 3.63) is 113 Å². The van der Waals surface area contributed by atoms with Gasteiger partial charge in [0.05, 0.1) is 16.1 Å². The minimum absolute atomic E-state index is 0.319. The lowest BCUT2D eigenvalue weighted by molar-refractivity contribution is -0.274. The van der Waals surface area contributed by atoms with Crippen LogP contribution in [0.1, 0.15) is 36.8 Å². The van der Waals surface area contributed by atoms with E-state index < -0.39 is 11.8 Å². The maximum Gasteiger partial charge on any atom is 0.573 e. The number of aromatic nitrogens is 3. The number of benzene rings is 4. The molecule has 0 amide bonds. The van der Waals surface area contributed by atoms with Crippen molar-refractivity contribution in [2.45, 2.75) is 42.6 Å². The summed E-state index contributed by atoms with van der Waals surface area (Å²) in [5, 5.41) is 9.88.